The second-order valence-electron chi connectivity index (χ2n) is 10.9. The molecular weight excluding hydrogens is 568 g/mol. The Morgan fingerprint density at radius 3 is 2.67 bits per heavy atom. The maximum Gasteiger partial charge on any atom is 0.255 e. The van der Waals surface area contributed by atoms with Gasteiger partial charge in [-0.3, -0.25) is 9.80 Å². The lowest BCUT2D eigenvalue weighted by Gasteiger charge is -2.41. The number of nitrogens with one attached hydrogen (secondary N) is 2. The summed E-state index contributed by atoms with van der Waals surface area (Å²) in [6.07, 6.45) is 4.18. The number of hydrogen-bond donors (Lipinski definition) is 2. The predicted octanol–water partition coefficient (Wildman–Crippen LogP) is 3.46. The van der Waals surface area contributed by atoms with E-state index in [1.807, 2.05) is 36.3 Å². The first-order chi connectivity index (χ1) is 20.8. The highest BCUT2D eigenvalue weighted by atomic mass is 32.2. The number of nitrogens with zero attached hydrogens (tertiary/aromatic N) is 4. The molecule has 2 N–H and O–H groups in total. The average Bonchev–Trinajstić information content (AvgIpc) is 3.45. The summed E-state index contributed by atoms with van der Waals surface area (Å²) in [6.45, 7) is 2.67. The van der Waals surface area contributed by atoms with Gasteiger partial charge in [0.15, 0.2) is 0 Å². The van der Waals surface area contributed by atoms with Crippen molar-refractivity contribution in [1.82, 2.24) is 20.1 Å². The topological polar surface area (TPSA) is 118 Å². The van der Waals surface area contributed by atoms with Crippen molar-refractivity contribution < 1.29 is 22.7 Å². The summed E-state index contributed by atoms with van der Waals surface area (Å²) in [6, 6.07) is 18.9. The molecule has 2 aliphatic heterocycles. The number of para-hydroxylation sites is 1. The van der Waals surface area contributed by atoms with Gasteiger partial charge in [0.2, 0.25) is 9.84 Å². The first-order valence-corrected chi connectivity index (χ1v) is 15.9. The van der Waals surface area contributed by atoms with E-state index >= 15 is 0 Å². The lowest BCUT2D eigenvalue weighted by molar-refractivity contribution is 0.0343. The van der Waals surface area contributed by atoms with Crippen molar-refractivity contribution in [3.63, 3.8) is 0 Å². The van der Waals surface area contributed by atoms with Crippen LogP contribution < -0.4 is 20.4 Å². The largest absolute Gasteiger partial charge is 0.497 e. The summed E-state index contributed by atoms with van der Waals surface area (Å²) in [7, 11) is -0.248. The zero-order chi connectivity index (χ0) is 30.0. The van der Waals surface area contributed by atoms with Crippen LogP contribution in [0, 0.1) is 0 Å². The number of amides is 1. The van der Waals surface area contributed by atoms with Gasteiger partial charge in [-0.2, -0.15) is 9.89 Å². The third-order valence-electron chi connectivity index (χ3n) is 7.95. The number of carbonyl (C=O) groups excluding carboxylic acids is 1. The van der Waals surface area contributed by atoms with Crippen molar-refractivity contribution in [1.29, 1.82) is 0 Å². The number of rotatable bonds is 8. The molecule has 2 saturated heterocycles. The van der Waals surface area contributed by atoms with Gasteiger partial charge in [-0.05, 0) is 74.8 Å². The minimum absolute atomic E-state index is 0.118. The third-order valence-corrected chi connectivity index (χ3v) is 9.70. The third kappa shape index (κ3) is 6.03. The van der Waals surface area contributed by atoms with Crippen molar-refractivity contribution >= 4 is 32.3 Å². The maximum absolute atomic E-state index is 13.7. The van der Waals surface area contributed by atoms with E-state index in [1.54, 1.807) is 47.4 Å². The van der Waals surface area contributed by atoms with Crippen molar-refractivity contribution in [3.05, 3.63) is 78.5 Å². The lowest BCUT2D eigenvalue weighted by atomic mass is 10.1. The monoisotopic (exact) mass is 604 g/mol. The highest BCUT2D eigenvalue weighted by Gasteiger charge is 2.30. The number of fused-ring (bicyclic) bond motifs is 1. The van der Waals surface area contributed by atoms with E-state index in [1.165, 1.54) is 13.2 Å². The number of ether oxygens (including phenoxy) is 2. The molecule has 2 fully saturated rings. The van der Waals surface area contributed by atoms with Crippen molar-refractivity contribution in [2.75, 3.05) is 50.7 Å². The molecule has 3 heterocycles. The zero-order valence-electron chi connectivity index (χ0n) is 24.3. The molecule has 12 heteroatoms. The summed E-state index contributed by atoms with van der Waals surface area (Å²) in [5.74, 6) is 0.270. The van der Waals surface area contributed by atoms with Crippen LogP contribution in [0.1, 0.15) is 29.6 Å². The molecule has 0 saturated carbocycles. The molecule has 1 amide bonds. The van der Waals surface area contributed by atoms with Gasteiger partial charge in [-0.15, -0.1) is 0 Å². The summed E-state index contributed by atoms with van der Waals surface area (Å²) in [5, 5.41) is 13.9. The number of methoxy groups -OCH3 is 1. The van der Waals surface area contributed by atoms with Crippen molar-refractivity contribution in [2.45, 2.75) is 41.4 Å². The summed E-state index contributed by atoms with van der Waals surface area (Å²) in [5.41, 5.74) is 2.02. The molecule has 2 atom stereocenters. The minimum atomic E-state index is -3.77. The highest BCUT2D eigenvalue weighted by Crippen LogP contribution is 2.28. The normalized spacial score (nSPS) is 19.7. The molecule has 0 radical (unpaired) electrons. The van der Waals surface area contributed by atoms with E-state index in [-0.39, 0.29) is 28.1 Å². The minimum Gasteiger partial charge on any atom is -0.497 e. The smallest absolute Gasteiger partial charge is 0.255 e. The average molecular weight is 605 g/mol. The Morgan fingerprint density at radius 1 is 1.02 bits per heavy atom. The van der Waals surface area contributed by atoms with Crippen LogP contribution in [0.25, 0.3) is 10.9 Å². The Balaban J connectivity index is 1.25. The fourth-order valence-electron chi connectivity index (χ4n) is 5.59. The lowest BCUT2D eigenvalue weighted by Crippen LogP contribution is -2.63. The summed E-state index contributed by atoms with van der Waals surface area (Å²) in [4.78, 5) is 17.9. The molecule has 11 nitrogen and oxygen atoms in total. The molecular formula is C31H36N6O5S. The number of sulfone groups is 1. The molecule has 6 rings (SSSR count). The van der Waals surface area contributed by atoms with Crippen LogP contribution in [-0.2, 0) is 14.6 Å². The molecule has 3 aromatic carbocycles. The Labute approximate surface area is 251 Å². The van der Waals surface area contributed by atoms with Gasteiger partial charge in [-0.1, -0.05) is 18.2 Å². The second kappa shape index (κ2) is 12.2. The van der Waals surface area contributed by atoms with Crippen molar-refractivity contribution in [2.24, 2.45) is 0 Å². The van der Waals surface area contributed by atoms with Crippen molar-refractivity contribution in [3.8, 4) is 5.75 Å². The van der Waals surface area contributed by atoms with Crippen LogP contribution in [-0.4, -0.2) is 81.9 Å². The molecule has 4 aromatic rings. The standard InChI is InChI=1S/C31H36N6O5S/c1-35-15-16-36(29(21-35)34-31(38)26-10-3-4-11-27(26)33-30-12-5-6-17-42-30)37-28-14-13-25(18-22(28)20-32-37)43(39,40)24-9-7-8-23(19-24)41-2/h3-4,7-11,13-14,18-20,29-30,33H,5-6,12,15-17,21H2,1-2H3,(H,34,38). The van der Waals surface area contributed by atoms with Crippen LogP contribution in [0.2, 0.25) is 0 Å². The summed E-state index contributed by atoms with van der Waals surface area (Å²) >= 11 is 0. The Hall–Kier alpha value is -4.13. The van der Waals surface area contributed by atoms with Gasteiger partial charge in [0.05, 0.1) is 40.7 Å². The summed E-state index contributed by atoms with van der Waals surface area (Å²) < 4.78 is 37.8. The van der Waals surface area contributed by atoms with Gasteiger partial charge in [0, 0.05) is 30.8 Å². The Kier molecular flexibility index (Phi) is 8.24. The van der Waals surface area contributed by atoms with Crippen LogP contribution in [0.15, 0.2) is 82.7 Å². The maximum atomic E-state index is 13.7. The second-order valence-corrected chi connectivity index (χ2v) is 12.8. The Morgan fingerprint density at radius 2 is 1.86 bits per heavy atom. The molecule has 2 unspecified atom stereocenters. The first kappa shape index (κ1) is 29.0. The SMILES string of the molecule is COc1cccc(S(=O)(=O)c2ccc3c(cnn3N3CCN(C)CC3NC(=O)c3ccccc3NC3CCCCO3)c2)c1. The van der Waals surface area contributed by atoms with Gasteiger partial charge >= 0.3 is 0 Å². The van der Waals surface area contributed by atoms with Gasteiger partial charge in [0.25, 0.3) is 5.91 Å². The zero-order valence-corrected chi connectivity index (χ0v) is 25.1. The molecule has 43 heavy (non-hydrogen) atoms. The van der Waals surface area contributed by atoms with Gasteiger partial charge in [0.1, 0.15) is 18.1 Å². The predicted molar refractivity (Wildman–Crippen MR) is 164 cm³/mol. The quantitative estimate of drug-likeness (QED) is 0.312. The number of aromatic nitrogens is 2. The van der Waals surface area contributed by atoms with Crippen LogP contribution in [0.3, 0.4) is 0 Å². The van der Waals surface area contributed by atoms with E-state index in [9.17, 15) is 13.2 Å². The molecule has 0 spiro atoms. The fourth-order valence-corrected chi connectivity index (χ4v) is 6.92. The number of piperazine rings is 1. The van der Waals surface area contributed by atoms with E-state index in [4.69, 9.17) is 9.47 Å². The number of hydrogen-bond acceptors (Lipinski definition) is 9. The van der Waals surface area contributed by atoms with Crippen LogP contribution in [0.5, 0.6) is 5.75 Å². The van der Waals surface area contributed by atoms with E-state index in [0.717, 1.165) is 37.0 Å². The number of carbonyl (C=O) groups is 1. The first-order valence-electron chi connectivity index (χ1n) is 14.4. The molecule has 1 aromatic heterocycles. The number of benzene rings is 3. The van der Waals surface area contributed by atoms with Gasteiger partial charge in [-0.25, -0.2) is 8.42 Å². The number of likely N-dealkylation sites (N-methyl/N-ethyl adjacent to an activating group) is 1. The molecule has 0 bridgehead atoms. The van der Waals surface area contributed by atoms with Gasteiger partial charge < -0.3 is 25.0 Å². The van der Waals surface area contributed by atoms with E-state index in [0.29, 0.717) is 36.4 Å². The van der Waals surface area contributed by atoms with Crippen LogP contribution >= 0.6 is 0 Å². The molecule has 226 valence electrons. The molecule has 0 aliphatic carbocycles. The Bertz CT molecular complexity index is 1720. The van der Waals surface area contributed by atoms with E-state index < -0.39 is 9.84 Å². The fraction of sp³-hybridized carbons (Fsp3) is 0.355. The van der Waals surface area contributed by atoms with E-state index in [2.05, 4.69) is 20.6 Å². The molecule has 2 aliphatic rings. The van der Waals surface area contributed by atoms with Crippen LogP contribution in [0.4, 0.5) is 5.69 Å². The highest BCUT2D eigenvalue weighted by molar-refractivity contribution is 7.91. The number of anilines is 1.